The van der Waals surface area contributed by atoms with E-state index in [1.165, 1.54) is 75.2 Å². The van der Waals surface area contributed by atoms with Gasteiger partial charge in [-0.25, -0.2) is 0 Å². The van der Waals surface area contributed by atoms with E-state index >= 15 is 0 Å². The molecule has 1 aliphatic rings. The van der Waals surface area contributed by atoms with Crippen LogP contribution in [-0.4, -0.2) is 33.2 Å². The molecule has 222 valence electrons. The van der Waals surface area contributed by atoms with Gasteiger partial charge in [0.25, 0.3) is 17.4 Å². The molecular weight excluding hydrogens is 540 g/mol. The Bertz CT molecular complexity index is 1190. The molecule has 7 nitrogen and oxygen atoms in total. The summed E-state index contributed by atoms with van der Waals surface area (Å²) in [6, 6.07) is 11.3. The van der Waals surface area contributed by atoms with Gasteiger partial charge in [-0.3, -0.25) is 19.7 Å². The van der Waals surface area contributed by atoms with E-state index in [-0.39, 0.29) is 29.1 Å². The lowest BCUT2D eigenvalue weighted by Gasteiger charge is -2.25. The smallest absolute Gasteiger partial charge is 0.295 e. The van der Waals surface area contributed by atoms with Crippen LogP contribution in [0.2, 0.25) is 5.02 Å². The number of likely N-dealkylation sites (tertiary alicyclic amines) is 1. The van der Waals surface area contributed by atoms with Crippen LogP contribution in [0.5, 0.6) is 0 Å². The molecule has 0 aromatic heterocycles. The second-order valence-corrected chi connectivity index (χ2v) is 11.3. The zero-order chi connectivity index (χ0) is 29.6. The number of nitrogens with zero attached hydrogens (tertiary/aromatic N) is 2. The van der Waals surface area contributed by atoms with Crippen molar-refractivity contribution >= 4 is 34.7 Å². The average Bonchev–Trinajstić information content (AvgIpc) is 3.22. The minimum absolute atomic E-state index is 0.142. The molecular formula is C33H43ClN2O5. The molecule has 41 heavy (non-hydrogen) atoms. The van der Waals surface area contributed by atoms with Crippen molar-refractivity contribution in [3.63, 3.8) is 0 Å². The van der Waals surface area contributed by atoms with Gasteiger partial charge in [-0.15, -0.1) is 0 Å². The largest absolute Gasteiger partial charge is 0.507 e. The van der Waals surface area contributed by atoms with Crippen LogP contribution < -0.4 is 0 Å². The Morgan fingerprint density at radius 3 is 1.88 bits per heavy atom. The molecule has 0 saturated carbocycles. The number of para-hydroxylation sites is 1. The van der Waals surface area contributed by atoms with Crippen LogP contribution >= 0.6 is 11.6 Å². The summed E-state index contributed by atoms with van der Waals surface area (Å²) in [5.41, 5.74) is 0.175. The quantitative estimate of drug-likeness (QED) is 0.0471. The van der Waals surface area contributed by atoms with Crippen LogP contribution in [0.4, 0.5) is 5.69 Å². The maximum atomic E-state index is 13.2. The van der Waals surface area contributed by atoms with E-state index in [1.807, 2.05) is 0 Å². The number of benzene rings is 2. The third-order valence-electron chi connectivity index (χ3n) is 7.84. The predicted octanol–water partition coefficient (Wildman–Crippen LogP) is 9.15. The fraction of sp³-hybridized carbons (Fsp3) is 0.515. The summed E-state index contributed by atoms with van der Waals surface area (Å²) in [5, 5.41) is 23.4. The number of aliphatic hydroxyl groups is 1. The lowest BCUT2D eigenvalue weighted by Crippen LogP contribution is -2.31. The second kappa shape index (κ2) is 16.9. The first-order valence-corrected chi connectivity index (χ1v) is 15.5. The highest BCUT2D eigenvalue weighted by Crippen LogP contribution is 2.42. The van der Waals surface area contributed by atoms with Gasteiger partial charge in [-0.2, -0.15) is 0 Å². The second-order valence-electron chi connectivity index (χ2n) is 10.9. The van der Waals surface area contributed by atoms with E-state index in [0.29, 0.717) is 17.0 Å². The highest BCUT2D eigenvalue weighted by Gasteiger charge is 2.47. The first kappa shape index (κ1) is 32.3. The third kappa shape index (κ3) is 9.15. The summed E-state index contributed by atoms with van der Waals surface area (Å²) < 4.78 is 0. The van der Waals surface area contributed by atoms with E-state index in [1.54, 1.807) is 42.5 Å². The average molecular weight is 583 g/mol. The SMILES string of the molecule is CCCCCCCCCCCCCCCCN1C(=O)C(=O)/C(=C(/O)c2ccc(Cl)cc2)C1c1ccccc1[N+](=O)[O-]. The Kier molecular flexibility index (Phi) is 13.3. The zero-order valence-corrected chi connectivity index (χ0v) is 24.9. The Morgan fingerprint density at radius 2 is 1.34 bits per heavy atom. The summed E-state index contributed by atoms with van der Waals surface area (Å²) >= 11 is 5.98. The van der Waals surface area contributed by atoms with Crippen LogP contribution in [0.15, 0.2) is 54.1 Å². The van der Waals surface area contributed by atoms with Gasteiger partial charge in [0.2, 0.25) is 0 Å². The van der Waals surface area contributed by atoms with Crippen molar-refractivity contribution in [3.05, 3.63) is 80.4 Å². The highest BCUT2D eigenvalue weighted by molar-refractivity contribution is 6.46. The summed E-state index contributed by atoms with van der Waals surface area (Å²) in [6.45, 7) is 2.52. The van der Waals surface area contributed by atoms with Gasteiger partial charge in [0, 0.05) is 23.2 Å². The van der Waals surface area contributed by atoms with Crippen LogP contribution in [0, 0.1) is 10.1 Å². The monoisotopic (exact) mass is 582 g/mol. The topological polar surface area (TPSA) is 101 Å². The molecule has 8 heteroatoms. The first-order chi connectivity index (χ1) is 19.9. The van der Waals surface area contributed by atoms with Crippen LogP contribution in [0.3, 0.4) is 0 Å². The van der Waals surface area contributed by atoms with Crippen LogP contribution in [0.1, 0.15) is 114 Å². The molecule has 0 spiro atoms. The Balaban J connectivity index is 1.61. The Morgan fingerprint density at radius 1 is 0.829 bits per heavy atom. The van der Waals surface area contributed by atoms with E-state index in [0.717, 1.165) is 19.3 Å². The minimum atomic E-state index is -1.05. The normalized spacial score (nSPS) is 16.4. The molecule has 1 atom stereocenters. The van der Waals surface area contributed by atoms with Crippen LogP contribution in [-0.2, 0) is 9.59 Å². The molecule has 1 unspecified atom stereocenters. The van der Waals surface area contributed by atoms with Crippen molar-refractivity contribution in [2.75, 3.05) is 6.54 Å². The number of carbonyl (C=O) groups excluding carboxylic acids is 2. The Labute approximate surface area is 248 Å². The number of rotatable bonds is 18. The van der Waals surface area contributed by atoms with E-state index in [9.17, 15) is 24.8 Å². The van der Waals surface area contributed by atoms with Crippen molar-refractivity contribution < 1.29 is 19.6 Å². The molecule has 1 fully saturated rings. The van der Waals surface area contributed by atoms with Gasteiger partial charge >= 0.3 is 0 Å². The van der Waals surface area contributed by atoms with E-state index in [4.69, 9.17) is 11.6 Å². The van der Waals surface area contributed by atoms with Gasteiger partial charge in [0.1, 0.15) is 5.76 Å². The van der Waals surface area contributed by atoms with Crippen molar-refractivity contribution in [1.82, 2.24) is 4.90 Å². The van der Waals surface area contributed by atoms with Gasteiger partial charge in [-0.1, -0.05) is 114 Å². The third-order valence-corrected chi connectivity index (χ3v) is 8.09. The Hall–Kier alpha value is -3.19. The summed E-state index contributed by atoms with van der Waals surface area (Å²) in [4.78, 5) is 39.1. The lowest BCUT2D eigenvalue weighted by molar-refractivity contribution is -0.385. The van der Waals surface area contributed by atoms with Gasteiger partial charge in [0.15, 0.2) is 0 Å². The molecule has 0 bridgehead atoms. The van der Waals surface area contributed by atoms with Gasteiger partial charge < -0.3 is 10.0 Å². The van der Waals surface area contributed by atoms with Gasteiger partial charge in [0.05, 0.1) is 22.1 Å². The van der Waals surface area contributed by atoms with Gasteiger partial charge in [-0.05, 0) is 36.8 Å². The predicted molar refractivity (Wildman–Crippen MR) is 164 cm³/mol. The molecule has 1 aliphatic heterocycles. The number of nitro groups is 1. The van der Waals surface area contributed by atoms with E-state index < -0.39 is 22.7 Å². The van der Waals surface area contributed by atoms with Crippen molar-refractivity contribution in [1.29, 1.82) is 0 Å². The fourth-order valence-electron chi connectivity index (χ4n) is 5.56. The molecule has 1 amide bonds. The molecule has 1 N–H and O–H groups in total. The number of aliphatic hydroxyl groups excluding tert-OH is 1. The summed E-state index contributed by atoms with van der Waals surface area (Å²) in [7, 11) is 0. The van der Waals surface area contributed by atoms with E-state index in [2.05, 4.69) is 6.92 Å². The number of halogens is 1. The number of hydrogen-bond acceptors (Lipinski definition) is 5. The maximum absolute atomic E-state index is 13.2. The zero-order valence-electron chi connectivity index (χ0n) is 24.2. The lowest BCUT2D eigenvalue weighted by atomic mass is 9.94. The molecule has 2 aromatic rings. The molecule has 2 aromatic carbocycles. The molecule has 0 radical (unpaired) electrons. The summed E-state index contributed by atoms with van der Waals surface area (Å²) in [5.74, 6) is -1.96. The highest BCUT2D eigenvalue weighted by atomic mass is 35.5. The standard InChI is InChI=1S/C33H43ClN2O5/c1-2-3-4-5-6-7-8-9-10-11-12-13-14-17-24-35-30(27-18-15-16-19-28(27)36(40)41)29(32(38)33(35)39)31(37)25-20-22-26(34)23-21-25/h15-16,18-23,30,37H,2-14,17,24H2,1H3/b31-29+. The van der Waals surface area contributed by atoms with Crippen molar-refractivity contribution in [2.24, 2.45) is 0 Å². The number of Topliss-reactive ketones (excluding diaryl/α,β-unsaturated/α-hetero) is 1. The maximum Gasteiger partial charge on any atom is 0.295 e. The molecule has 1 heterocycles. The number of hydrogen-bond donors (Lipinski definition) is 1. The number of ketones is 1. The number of unbranched alkanes of at least 4 members (excludes halogenated alkanes) is 13. The number of carbonyl (C=O) groups is 2. The molecule has 0 aliphatic carbocycles. The minimum Gasteiger partial charge on any atom is -0.507 e. The molecule has 1 saturated heterocycles. The van der Waals surface area contributed by atoms with Crippen molar-refractivity contribution in [2.45, 2.75) is 103 Å². The summed E-state index contributed by atoms with van der Waals surface area (Å²) in [6.07, 6.45) is 16.8. The molecule has 3 rings (SSSR count). The fourth-order valence-corrected chi connectivity index (χ4v) is 5.68. The number of amides is 1. The first-order valence-electron chi connectivity index (χ1n) is 15.1. The van der Waals surface area contributed by atoms with Crippen molar-refractivity contribution in [3.8, 4) is 0 Å². The number of nitro benzene ring substituents is 1. The van der Waals surface area contributed by atoms with Crippen LogP contribution in [0.25, 0.3) is 5.76 Å².